The molecule has 4 nitrogen and oxygen atoms in total. The molecule has 5 heteroatoms. The van der Waals surface area contributed by atoms with Gasteiger partial charge in [0.1, 0.15) is 11.9 Å². The quantitative estimate of drug-likeness (QED) is 0.587. The molecule has 2 aliphatic rings. The van der Waals surface area contributed by atoms with Crippen LogP contribution in [-0.4, -0.2) is 23.9 Å². The van der Waals surface area contributed by atoms with Crippen LogP contribution in [0.25, 0.3) is 22.3 Å². The van der Waals surface area contributed by atoms with E-state index in [0.717, 1.165) is 48.2 Å². The van der Waals surface area contributed by atoms with Gasteiger partial charge in [0.25, 0.3) is 5.91 Å². The van der Waals surface area contributed by atoms with Crippen LogP contribution < -0.4 is 0 Å². The van der Waals surface area contributed by atoms with E-state index in [1.165, 1.54) is 17.7 Å². The monoisotopic (exact) mass is 412 g/mol. The Morgan fingerprint density at radius 2 is 1.65 bits per heavy atom. The van der Waals surface area contributed by atoms with Crippen molar-refractivity contribution < 1.29 is 13.9 Å². The summed E-state index contributed by atoms with van der Waals surface area (Å²) in [5, 5.41) is 9.09. The van der Waals surface area contributed by atoms with Crippen LogP contribution in [0.4, 0.5) is 4.39 Å². The molecule has 0 radical (unpaired) electrons. The zero-order valence-electron chi connectivity index (χ0n) is 17.0. The summed E-state index contributed by atoms with van der Waals surface area (Å²) in [6, 6.07) is 18.3. The Hall–Kier alpha value is -3.49. The molecule has 0 unspecified atom stereocenters. The van der Waals surface area contributed by atoms with E-state index in [1.807, 2.05) is 35.2 Å². The van der Waals surface area contributed by atoms with Crippen LogP contribution in [0.3, 0.4) is 0 Å². The second kappa shape index (κ2) is 7.98. The van der Waals surface area contributed by atoms with Gasteiger partial charge in [-0.05, 0) is 76.6 Å². The Bertz CT molecular complexity index is 1220. The van der Waals surface area contributed by atoms with Crippen molar-refractivity contribution in [3.63, 3.8) is 0 Å². The first-order valence-electron chi connectivity index (χ1n) is 10.5. The van der Waals surface area contributed by atoms with Gasteiger partial charge in [0.15, 0.2) is 0 Å². The topological polar surface area (TPSA) is 53.3 Å². The summed E-state index contributed by atoms with van der Waals surface area (Å²) in [4.78, 5) is 14.9. The van der Waals surface area contributed by atoms with E-state index in [9.17, 15) is 9.18 Å². The van der Waals surface area contributed by atoms with E-state index < -0.39 is 5.82 Å². The third-order valence-electron chi connectivity index (χ3n) is 6.09. The van der Waals surface area contributed by atoms with Gasteiger partial charge in [-0.1, -0.05) is 24.3 Å². The molecule has 1 amide bonds. The molecular formula is C26H21FN2O2. The van der Waals surface area contributed by atoms with Crippen molar-refractivity contribution in [2.24, 2.45) is 0 Å². The molecule has 154 valence electrons. The van der Waals surface area contributed by atoms with E-state index >= 15 is 0 Å². The van der Waals surface area contributed by atoms with Gasteiger partial charge in [0.05, 0.1) is 18.8 Å². The molecule has 1 saturated heterocycles. The van der Waals surface area contributed by atoms with Crippen molar-refractivity contribution in [3.8, 4) is 28.3 Å². The number of likely N-dealkylation sites (tertiary alicyclic amines) is 1. The van der Waals surface area contributed by atoms with Crippen molar-refractivity contribution in [3.05, 3.63) is 82.7 Å². The van der Waals surface area contributed by atoms with E-state index in [4.69, 9.17) is 10.00 Å². The highest BCUT2D eigenvalue weighted by Gasteiger charge is 2.22. The molecule has 0 spiro atoms. The highest BCUT2D eigenvalue weighted by molar-refractivity contribution is 5.98. The first-order chi connectivity index (χ1) is 15.1. The third kappa shape index (κ3) is 3.60. The average Bonchev–Trinajstić information content (AvgIpc) is 3.50. The molecule has 31 heavy (non-hydrogen) atoms. The molecular weight excluding hydrogens is 391 g/mol. The van der Waals surface area contributed by atoms with E-state index in [2.05, 4.69) is 12.1 Å². The van der Waals surface area contributed by atoms with Gasteiger partial charge in [0, 0.05) is 18.7 Å². The molecule has 0 N–H and O–H groups in total. The summed E-state index contributed by atoms with van der Waals surface area (Å²) in [6.07, 6.45) is 2.05. The Morgan fingerprint density at radius 3 is 2.42 bits per heavy atom. The third-order valence-corrected chi connectivity index (χ3v) is 6.09. The molecule has 2 heterocycles. The van der Waals surface area contributed by atoms with Crippen LogP contribution in [0.15, 0.2) is 54.6 Å². The van der Waals surface area contributed by atoms with Crippen LogP contribution in [0.2, 0.25) is 0 Å². The summed E-state index contributed by atoms with van der Waals surface area (Å²) in [5.74, 6) is -0.564. The van der Waals surface area contributed by atoms with Gasteiger partial charge < -0.3 is 9.64 Å². The summed E-state index contributed by atoms with van der Waals surface area (Å²) < 4.78 is 20.0. The zero-order valence-corrected chi connectivity index (χ0v) is 17.0. The number of carbonyl (C=O) groups excluding carboxylic acids is 1. The molecule has 5 rings (SSSR count). The molecule has 1 fully saturated rings. The summed E-state index contributed by atoms with van der Waals surface area (Å²) in [7, 11) is 0. The fourth-order valence-electron chi connectivity index (χ4n) is 4.38. The average molecular weight is 412 g/mol. The van der Waals surface area contributed by atoms with Crippen LogP contribution in [0.5, 0.6) is 0 Å². The first kappa shape index (κ1) is 19.5. The molecule has 2 aliphatic heterocycles. The number of fused-ring (bicyclic) bond motifs is 1. The van der Waals surface area contributed by atoms with Crippen LogP contribution >= 0.6 is 0 Å². The Kier molecular flexibility index (Phi) is 5.01. The number of hydrogen-bond donors (Lipinski definition) is 0. The lowest BCUT2D eigenvalue weighted by Gasteiger charge is -2.18. The van der Waals surface area contributed by atoms with Crippen LogP contribution in [0, 0.1) is 17.1 Å². The number of amides is 1. The number of halogens is 1. The maximum absolute atomic E-state index is 14.4. The van der Waals surface area contributed by atoms with E-state index in [0.29, 0.717) is 24.3 Å². The van der Waals surface area contributed by atoms with E-state index in [1.54, 1.807) is 6.07 Å². The van der Waals surface area contributed by atoms with E-state index in [-0.39, 0.29) is 11.5 Å². The highest BCUT2D eigenvalue weighted by Crippen LogP contribution is 2.36. The smallest absolute Gasteiger partial charge is 0.253 e. The van der Waals surface area contributed by atoms with Crippen molar-refractivity contribution >= 4 is 5.91 Å². The minimum Gasteiger partial charge on any atom is -0.372 e. The molecule has 0 saturated carbocycles. The Labute approximate surface area is 180 Å². The predicted molar refractivity (Wildman–Crippen MR) is 116 cm³/mol. The Balaban J connectivity index is 1.64. The number of hydrogen-bond acceptors (Lipinski definition) is 3. The summed E-state index contributed by atoms with van der Waals surface area (Å²) >= 11 is 0. The molecule has 0 bridgehead atoms. The summed E-state index contributed by atoms with van der Waals surface area (Å²) in [5.41, 5.74) is 6.23. The molecule has 3 aromatic rings. The minimum absolute atomic E-state index is 0.00164. The molecule has 0 atom stereocenters. The zero-order chi connectivity index (χ0) is 21.4. The van der Waals surface area contributed by atoms with Gasteiger partial charge in [-0.3, -0.25) is 4.79 Å². The van der Waals surface area contributed by atoms with Crippen molar-refractivity contribution in [2.75, 3.05) is 13.1 Å². The Morgan fingerprint density at radius 1 is 0.903 bits per heavy atom. The summed E-state index contributed by atoms with van der Waals surface area (Å²) in [6.45, 7) is 2.74. The predicted octanol–water partition coefficient (Wildman–Crippen LogP) is 5.30. The fraction of sp³-hybridized carbons (Fsp3) is 0.231. The van der Waals surface area contributed by atoms with Gasteiger partial charge in [-0.15, -0.1) is 0 Å². The van der Waals surface area contributed by atoms with Gasteiger partial charge in [-0.2, -0.15) is 5.26 Å². The normalized spacial score (nSPS) is 15.0. The highest BCUT2D eigenvalue weighted by atomic mass is 19.1. The van der Waals surface area contributed by atoms with Crippen LogP contribution in [-0.2, 0) is 18.0 Å². The fourth-order valence-corrected chi connectivity index (χ4v) is 4.38. The second-order valence-corrected chi connectivity index (χ2v) is 8.04. The number of nitrogens with zero attached hydrogens (tertiary/aromatic N) is 2. The SMILES string of the molecule is N#Cc1ccc(-c2cc(C(=O)N3CCCC3)ccc2-c2ccc3c(c2)COC3)cc1F. The van der Waals surface area contributed by atoms with Gasteiger partial charge in [0.2, 0.25) is 0 Å². The second-order valence-electron chi connectivity index (χ2n) is 8.04. The van der Waals surface area contributed by atoms with Gasteiger partial charge in [-0.25, -0.2) is 4.39 Å². The standard InChI is InChI=1S/C26H21FN2O2/c27-25-13-18(3-5-20(25)14-28)24-12-19(26(30)29-9-1-2-10-29)7-8-23(24)17-4-6-21-15-31-16-22(21)11-17/h3-8,11-13H,1-2,9-10,15-16H2. The van der Waals surface area contributed by atoms with Crippen molar-refractivity contribution in [2.45, 2.75) is 26.1 Å². The van der Waals surface area contributed by atoms with Crippen molar-refractivity contribution in [1.29, 1.82) is 5.26 Å². The number of carbonyl (C=O) groups is 1. The van der Waals surface area contributed by atoms with Crippen molar-refractivity contribution in [1.82, 2.24) is 4.90 Å². The first-order valence-corrected chi connectivity index (χ1v) is 10.5. The number of rotatable bonds is 3. The number of ether oxygens (including phenoxy) is 1. The molecule has 0 aliphatic carbocycles. The number of nitriles is 1. The molecule has 0 aromatic heterocycles. The maximum Gasteiger partial charge on any atom is 0.253 e. The molecule has 3 aromatic carbocycles. The lowest BCUT2D eigenvalue weighted by Crippen LogP contribution is -2.27. The maximum atomic E-state index is 14.4. The number of benzene rings is 3. The lowest BCUT2D eigenvalue weighted by atomic mass is 9.90. The minimum atomic E-state index is -0.565. The van der Waals surface area contributed by atoms with Gasteiger partial charge >= 0.3 is 0 Å². The largest absolute Gasteiger partial charge is 0.372 e. The van der Waals surface area contributed by atoms with Crippen LogP contribution in [0.1, 0.15) is 39.9 Å². The lowest BCUT2D eigenvalue weighted by molar-refractivity contribution is 0.0793.